The number of amides is 1. The second kappa shape index (κ2) is 5.78. The lowest BCUT2D eigenvalue weighted by atomic mass is 10.1. The highest BCUT2D eigenvalue weighted by atomic mass is 16.5. The van der Waals surface area contributed by atoms with Gasteiger partial charge in [0.05, 0.1) is 18.2 Å². The fourth-order valence-electron chi connectivity index (χ4n) is 1.10. The number of rotatable bonds is 4. The van der Waals surface area contributed by atoms with Crippen LogP contribution in [0.15, 0.2) is 24.3 Å². The second-order valence-corrected chi connectivity index (χ2v) is 2.94. The Bertz CT molecular complexity index is 382. The molecule has 4 heteroatoms. The van der Waals surface area contributed by atoms with Gasteiger partial charge in [-0.1, -0.05) is 6.07 Å². The molecule has 1 rings (SSSR count). The zero-order valence-corrected chi connectivity index (χ0v) is 8.49. The van der Waals surface area contributed by atoms with Crippen molar-refractivity contribution >= 4 is 5.91 Å². The minimum absolute atomic E-state index is 0.191. The maximum atomic E-state index is 11.5. The first-order valence-corrected chi connectivity index (χ1v) is 4.55. The molecular weight excluding hydrogens is 192 g/mol. The molecule has 0 unspecified atom stereocenters. The van der Waals surface area contributed by atoms with Gasteiger partial charge in [0.15, 0.2) is 0 Å². The normalized spacial score (nSPS) is 9.33. The number of nitrogens with one attached hydrogen (secondary N) is 1. The van der Waals surface area contributed by atoms with Crippen LogP contribution in [-0.4, -0.2) is 26.2 Å². The monoisotopic (exact) mass is 204 g/mol. The molecule has 0 radical (unpaired) electrons. The summed E-state index contributed by atoms with van der Waals surface area (Å²) in [7, 11) is 1.57. The third kappa shape index (κ3) is 3.41. The van der Waals surface area contributed by atoms with Gasteiger partial charge in [-0.05, 0) is 18.2 Å². The largest absolute Gasteiger partial charge is 0.383 e. The van der Waals surface area contributed by atoms with Crippen molar-refractivity contribution in [2.24, 2.45) is 0 Å². The van der Waals surface area contributed by atoms with Crippen molar-refractivity contribution in [2.45, 2.75) is 0 Å². The number of carbonyl (C=O) groups is 1. The lowest BCUT2D eigenvalue weighted by Gasteiger charge is -2.04. The van der Waals surface area contributed by atoms with Crippen LogP contribution in [-0.2, 0) is 4.74 Å². The minimum atomic E-state index is -0.191. The Morgan fingerprint density at radius 2 is 2.40 bits per heavy atom. The molecule has 0 bridgehead atoms. The van der Waals surface area contributed by atoms with Gasteiger partial charge in [0, 0.05) is 19.2 Å². The van der Waals surface area contributed by atoms with E-state index < -0.39 is 0 Å². The van der Waals surface area contributed by atoms with E-state index in [1.54, 1.807) is 31.4 Å². The molecular formula is C11H12N2O2. The number of nitrogens with zero attached hydrogens (tertiary/aromatic N) is 1. The maximum absolute atomic E-state index is 11.5. The van der Waals surface area contributed by atoms with Crippen LogP contribution in [0, 0.1) is 11.3 Å². The number of ether oxygens (including phenoxy) is 1. The Hall–Kier alpha value is -1.86. The van der Waals surface area contributed by atoms with Crippen LogP contribution in [0.2, 0.25) is 0 Å². The highest BCUT2D eigenvalue weighted by Gasteiger charge is 2.04. The van der Waals surface area contributed by atoms with Crippen molar-refractivity contribution in [3.05, 3.63) is 35.4 Å². The first-order chi connectivity index (χ1) is 7.27. The first kappa shape index (κ1) is 11.2. The van der Waals surface area contributed by atoms with Gasteiger partial charge in [-0.2, -0.15) is 5.26 Å². The van der Waals surface area contributed by atoms with E-state index in [4.69, 9.17) is 10.00 Å². The van der Waals surface area contributed by atoms with E-state index in [0.717, 1.165) is 0 Å². The van der Waals surface area contributed by atoms with Gasteiger partial charge in [-0.3, -0.25) is 4.79 Å². The summed E-state index contributed by atoms with van der Waals surface area (Å²) < 4.78 is 4.81. The predicted molar refractivity (Wildman–Crippen MR) is 55.4 cm³/mol. The second-order valence-electron chi connectivity index (χ2n) is 2.94. The molecule has 1 aromatic rings. The molecule has 1 amide bonds. The molecule has 0 fully saturated rings. The van der Waals surface area contributed by atoms with Crippen molar-refractivity contribution in [3.8, 4) is 6.07 Å². The van der Waals surface area contributed by atoms with Gasteiger partial charge in [-0.25, -0.2) is 0 Å². The predicted octanol–water partition coefficient (Wildman–Crippen LogP) is 0.934. The van der Waals surface area contributed by atoms with Crippen LogP contribution in [0.25, 0.3) is 0 Å². The number of benzene rings is 1. The number of hydrogen-bond donors (Lipinski definition) is 1. The highest BCUT2D eigenvalue weighted by molar-refractivity contribution is 5.94. The number of nitriles is 1. The molecule has 0 saturated carbocycles. The Morgan fingerprint density at radius 3 is 3.07 bits per heavy atom. The third-order valence-corrected chi connectivity index (χ3v) is 1.85. The Kier molecular flexibility index (Phi) is 4.32. The summed E-state index contributed by atoms with van der Waals surface area (Å²) in [6.07, 6.45) is 0. The quantitative estimate of drug-likeness (QED) is 0.742. The molecule has 0 aromatic heterocycles. The lowest BCUT2D eigenvalue weighted by molar-refractivity contribution is 0.0937. The van der Waals surface area contributed by atoms with Crippen LogP contribution >= 0.6 is 0 Å². The van der Waals surface area contributed by atoms with Crippen LogP contribution in [0.4, 0.5) is 0 Å². The van der Waals surface area contributed by atoms with E-state index in [0.29, 0.717) is 24.3 Å². The summed E-state index contributed by atoms with van der Waals surface area (Å²) >= 11 is 0. The van der Waals surface area contributed by atoms with E-state index in [1.165, 1.54) is 0 Å². The van der Waals surface area contributed by atoms with E-state index in [-0.39, 0.29) is 5.91 Å². The number of methoxy groups -OCH3 is 1. The van der Waals surface area contributed by atoms with Crippen molar-refractivity contribution in [1.82, 2.24) is 5.32 Å². The van der Waals surface area contributed by atoms with Crippen molar-refractivity contribution in [3.63, 3.8) is 0 Å². The van der Waals surface area contributed by atoms with Crippen molar-refractivity contribution in [1.29, 1.82) is 5.26 Å². The van der Waals surface area contributed by atoms with Gasteiger partial charge >= 0.3 is 0 Å². The molecule has 0 spiro atoms. The Morgan fingerprint density at radius 1 is 1.60 bits per heavy atom. The van der Waals surface area contributed by atoms with Gasteiger partial charge in [0.2, 0.25) is 0 Å². The molecule has 78 valence electrons. The summed E-state index contributed by atoms with van der Waals surface area (Å²) in [6.45, 7) is 0.940. The van der Waals surface area contributed by atoms with Gasteiger partial charge in [0.25, 0.3) is 5.91 Å². The summed E-state index contributed by atoms with van der Waals surface area (Å²) in [5, 5.41) is 11.3. The van der Waals surface area contributed by atoms with Crippen molar-refractivity contribution < 1.29 is 9.53 Å². The van der Waals surface area contributed by atoms with Gasteiger partial charge < -0.3 is 10.1 Å². The smallest absolute Gasteiger partial charge is 0.251 e. The number of carbonyl (C=O) groups excluding carboxylic acids is 1. The van der Waals surface area contributed by atoms with Crippen LogP contribution < -0.4 is 5.32 Å². The molecule has 1 N–H and O–H groups in total. The maximum Gasteiger partial charge on any atom is 0.251 e. The fourth-order valence-corrected chi connectivity index (χ4v) is 1.10. The summed E-state index contributed by atoms with van der Waals surface area (Å²) in [4.78, 5) is 11.5. The Labute approximate surface area is 88.5 Å². The van der Waals surface area contributed by atoms with Gasteiger partial charge in [0.1, 0.15) is 0 Å². The molecule has 0 aliphatic carbocycles. The molecule has 15 heavy (non-hydrogen) atoms. The van der Waals surface area contributed by atoms with Crippen LogP contribution in [0.5, 0.6) is 0 Å². The molecule has 0 atom stereocenters. The molecule has 1 aromatic carbocycles. The third-order valence-electron chi connectivity index (χ3n) is 1.85. The molecule has 0 aliphatic heterocycles. The minimum Gasteiger partial charge on any atom is -0.383 e. The lowest BCUT2D eigenvalue weighted by Crippen LogP contribution is -2.26. The van der Waals surface area contributed by atoms with Gasteiger partial charge in [-0.15, -0.1) is 0 Å². The molecule has 0 saturated heterocycles. The first-order valence-electron chi connectivity index (χ1n) is 4.55. The van der Waals surface area contributed by atoms with E-state index in [1.807, 2.05) is 6.07 Å². The fraction of sp³-hybridized carbons (Fsp3) is 0.273. The van der Waals surface area contributed by atoms with E-state index >= 15 is 0 Å². The molecule has 0 aliphatic rings. The average molecular weight is 204 g/mol. The van der Waals surface area contributed by atoms with E-state index in [9.17, 15) is 4.79 Å². The zero-order valence-electron chi connectivity index (χ0n) is 8.49. The zero-order chi connectivity index (χ0) is 11.1. The topological polar surface area (TPSA) is 62.1 Å². The van der Waals surface area contributed by atoms with E-state index in [2.05, 4.69) is 5.32 Å². The standard InChI is InChI=1S/C11H12N2O2/c1-15-6-5-13-11(14)10-4-2-3-9(7-10)8-12/h2-4,7H,5-6H2,1H3,(H,13,14). The number of hydrogen-bond acceptors (Lipinski definition) is 3. The summed E-state index contributed by atoms with van der Waals surface area (Å²) in [5.41, 5.74) is 0.972. The highest BCUT2D eigenvalue weighted by Crippen LogP contribution is 2.03. The molecule has 0 heterocycles. The van der Waals surface area contributed by atoms with Crippen molar-refractivity contribution in [2.75, 3.05) is 20.3 Å². The average Bonchev–Trinajstić information content (AvgIpc) is 2.29. The summed E-state index contributed by atoms with van der Waals surface area (Å²) in [5.74, 6) is -0.191. The van der Waals surface area contributed by atoms with Crippen LogP contribution in [0.3, 0.4) is 0 Å². The molecule has 4 nitrogen and oxygen atoms in total. The Balaban J connectivity index is 2.62. The van der Waals surface area contributed by atoms with Crippen LogP contribution in [0.1, 0.15) is 15.9 Å². The summed E-state index contributed by atoms with van der Waals surface area (Å²) in [6, 6.07) is 8.56. The SMILES string of the molecule is COCCNC(=O)c1cccc(C#N)c1.